The van der Waals surface area contributed by atoms with Crippen molar-refractivity contribution in [2.24, 2.45) is 0 Å². The SMILES string of the molecule is Cc1cc(-c2nnc(C(=O)NCC(F)(F)F)n2-c2ccc(CN3CCN(C=O)CC3)cc2)ccc1O. The van der Waals surface area contributed by atoms with Crippen LogP contribution in [0.25, 0.3) is 17.1 Å². The Hall–Kier alpha value is -3.93. The highest BCUT2D eigenvalue weighted by atomic mass is 19.4. The van der Waals surface area contributed by atoms with Gasteiger partial charge in [0, 0.05) is 44.0 Å². The van der Waals surface area contributed by atoms with E-state index in [4.69, 9.17) is 0 Å². The van der Waals surface area contributed by atoms with Crippen molar-refractivity contribution in [1.82, 2.24) is 29.9 Å². The Kier molecular flexibility index (Phi) is 7.25. The predicted octanol–water partition coefficient (Wildman–Crippen LogP) is 2.51. The number of nitrogens with one attached hydrogen (secondary N) is 1. The molecule has 36 heavy (non-hydrogen) atoms. The zero-order chi connectivity index (χ0) is 25.9. The first-order valence-electron chi connectivity index (χ1n) is 11.3. The number of halogens is 3. The number of amides is 2. The lowest BCUT2D eigenvalue weighted by molar-refractivity contribution is -0.123. The van der Waals surface area contributed by atoms with Crippen molar-refractivity contribution in [2.75, 3.05) is 32.7 Å². The number of aromatic nitrogens is 3. The van der Waals surface area contributed by atoms with Gasteiger partial charge in [0.1, 0.15) is 12.3 Å². The van der Waals surface area contributed by atoms with E-state index in [-0.39, 0.29) is 17.4 Å². The number of carbonyl (C=O) groups is 2. The van der Waals surface area contributed by atoms with Gasteiger partial charge >= 0.3 is 6.18 Å². The number of alkyl halides is 3. The summed E-state index contributed by atoms with van der Waals surface area (Å²) in [6.45, 7) is 3.68. The van der Waals surface area contributed by atoms with Crippen LogP contribution in [0.3, 0.4) is 0 Å². The van der Waals surface area contributed by atoms with Gasteiger partial charge in [0.15, 0.2) is 5.82 Å². The molecule has 3 aromatic rings. The number of nitrogens with zero attached hydrogens (tertiary/aromatic N) is 5. The zero-order valence-electron chi connectivity index (χ0n) is 19.5. The zero-order valence-corrected chi connectivity index (χ0v) is 19.5. The van der Waals surface area contributed by atoms with Gasteiger partial charge in [-0.15, -0.1) is 10.2 Å². The Morgan fingerprint density at radius 2 is 1.78 bits per heavy atom. The fourth-order valence-electron chi connectivity index (χ4n) is 3.95. The van der Waals surface area contributed by atoms with E-state index >= 15 is 0 Å². The molecular weight excluding hydrogens is 477 g/mol. The van der Waals surface area contributed by atoms with Crippen molar-refractivity contribution in [2.45, 2.75) is 19.6 Å². The highest BCUT2D eigenvalue weighted by Gasteiger charge is 2.30. The highest BCUT2D eigenvalue weighted by molar-refractivity contribution is 5.92. The molecule has 0 spiro atoms. The Bertz CT molecular complexity index is 1230. The summed E-state index contributed by atoms with van der Waals surface area (Å²) in [6.07, 6.45) is -3.73. The summed E-state index contributed by atoms with van der Waals surface area (Å²) in [4.78, 5) is 27.5. The molecule has 0 radical (unpaired) electrons. The number of rotatable bonds is 7. The maximum Gasteiger partial charge on any atom is 0.405 e. The van der Waals surface area contributed by atoms with Crippen molar-refractivity contribution in [1.29, 1.82) is 0 Å². The number of carbonyl (C=O) groups excluding carboxylic acids is 2. The Balaban J connectivity index is 1.63. The molecule has 1 fully saturated rings. The second-order valence-corrected chi connectivity index (χ2v) is 8.57. The average molecular weight is 502 g/mol. The second-order valence-electron chi connectivity index (χ2n) is 8.57. The van der Waals surface area contributed by atoms with E-state index in [1.165, 1.54) is 10.6 Å². The minimum Gasteiger partial charge on any atom is -0.508 e. The highest BCUT2D eigenvalue weighted by Crippen LogP contribution is 2.27. The second kappa shape index (κ2) is 10.4. The van der Waals surface area contributed by atoms with E-state index < -0.39 is 18.6 Å². The van der Waals surface area contributed by atoms with E-state index in [0.29, 0.717) is 36.4 Å². The largest absolute Gasteiger partial charge is 0.508 e. The third kappa shape index (κ3) is 5.82. The number of piperazine rings is 1. The monoisotopic (exact) mass is 502 g/mol. The Labute approximate surface area is 205 Å². The van der Waals surface area contributed by atoms with Crippen molar-refractivity contribution in [3.05, 3.63) is 59.4 Å². The molecule has 1 saturated heterocycles. The van der Waals surface area contributed by atoms with Gasteiger partial charge < -0.3 is 15.3 Å². The number of phenols is 1. The topological polar surface area (TPSA) is 104 Å². The number of phenolic OH excluding ortho intramolecular Hbond substituents is 1. The van der Waals surface area contributed by atoms with Gasteiger partial charge in [-0.1, -0.05) is 12.1 Å². The predicted molar refractivity (Wildman–Crippen MR) is 124 cm³/mol. The van der Waals surface area contributed by atoms with Crippen LogP contribution in [0.1, 0.15) is 21.7 Å². The number of hydrogen-bond donors (Lipinski definition) is 2. The molecule has 0 atom stereocenters. The standard InChI is InChI=1S/C24H25F3N6O3/c1-16-12-18(4-7-20(16)35)21-29-30-22(23(36)28-14-24(25,26)27)33(21)19-5-2-17(3-6-19)13-31-8-10-32(15-34)11-9-31/h2-7,12,15,35H,8-11,13-14H2,1H3,(H,28,36). The van der Waals surface area contributed by atoms with Crippen LogP contribution in [0.4, 0.5) is 13.2 Å². The first-order valence-corrected chi connectivity index (χ1v) is 11.3. The van der Waals surface area contributed by atoms with E-state index in [1.807, 2.05) is 17.4 Å². The summed E-state index contributed by atoms with van der Waals surface area (Å²) in [6, 6.07) is 11.9. The minimum atomic E-state index is -4.57. The van der Waals surface area contributed by atoms with Gasteiger partial charge in [-0.3, -0.25) is 19.1 Å². The summed E-state index contributed by atoms with van der Waals surface area (Å²) in [5.41, 5.74) is 2.59. The molecule has 12 heteroatoms. The van der Waals surface area contributed by atoms with Gasteiger partial charge in [-0.05, 0) is 48.4 Å². The van der Waals surface area contributed by atoms with Crippen LogP contribution in [-0.2, 0) is 11.3 Å². The normalized spacial score (nSPS) is 14.6. The van der Waals surface area contributed by atoms with Gasteiger partial charge in [-0.2, -0.15) is 13.2 Å². The smallest absolute Gasteiger partial charge is 0.405 e. The molecule has 1 aliphatic heterocycles. The molecule has 1 aliphatic rings. The first-order chi connectivity index (χ1) is 17.1. The molecule has 0 saturated carbocycles. The van der Waals surface area contributed by atoms with Crippen LogP contribution in [-0.4, -0.2) is 80.9 Å². The molecule has 2 heterocycles. The molecule has 2 N–H and O–H groups in total. The number of aromatic hydroxyl groups is 1. The van der Waals surface area contributed by atoms with Crippen molar-refractivity contribution in [3.63, 3.8) is 0 Å². The average Bonchev–Trinajstić information content (AvgIpc) is 3.30. The fraction of sp³-hybridized carbons (Fsp3) is 0.333. The minimum absolute atomic E-state index is 0.0753. The van der Waals surface area contributed by atoms with Gasteiger partial charge in [0.05, 0.1) is 0 Å². The lowest BCUT2D eigenvalue weighted by Gasteiger charge is -2.32. The molecule has 190 valence electrons. The van der Waals surface area contributed by atoms with Crippen LogP contribution in [0.15, 0.2) is 42.5 Å². The molecule has 0 aliphatic carbocycles. The van der Waals surface area contributed by atoms with Crippen LogP contribution in [0, 0.1) is 6.92 Å². The summed E-state index contributed by atoms with van der Waals surface area (Å²) in [5.74, 6) is -0.990. The number of aryl methyl sites for hydroxylation is 1. The van der Waals surface area contributed by atoms with Crippen LogP contribution in [0.2, 0.25) is 0 Å². The van der Waals surface area contributed by atoms with Crippen molar-refractivity contribution < 1.29 is 27.9 Å². The third-order valence-corrected chi connectivity index (χ3v) is 5.93. The van der Waals surface area contributed by atoms with Crippen LogP contribution < -0.4 is 5.32 Å². The van der Waals surface area contributed by atoms with E-state index in [2.05, 4.69) is 15.1 Å². The fourth-order valence-corrected chi connectivity index (χ4v) is 3.95. The van der Waals surface area contributed by atoms with Gasteiger partial charge in [0.25, 0.3) is 5.91 Å². The molecule has 0 unspecified atom stereocenters. The summed E-state index contributed by atoms with van der Waals surface area (Å²) < 4.78 is 39.4. The quantitative estimate of drug-likeness (QED) is 0.482. The Morgan fingerprint density at radius 1 is 1.08 bits per heavy atom. The third-order valence-electron chi connectivity index (χ3n) is 5.93. The van der Waals surface area contributed by atoms with Crippen LogP contribution in [0.5, 0.6) is 5.75 Å². The molecule has 2 amide bonds. The maximum absolute atomic E-state index is 12.7. The molecule has 2 aromatic carbocycles. The van der Waals surface area contributed by atoms with Crippen molar-refractivity contribution in [3.8, 4) is 22.8 Å². The van der Waals surface area contributed by atoms with E-state index in [0.717, 1.165) is 25.1 Å². The lowest BCUT2D eigenvalue weighted by atomic mass is 10.1. The van der Waals surface area contributed by atoms with Gasteiger partial charge in [0.2, 0.25) is 12.2 Å². The summed E-state index contributed by atoms with van der Waals surface area (Å²) in [5, 5.41) is 19.7. The maximum atomic E-state index is 12.7. The van der Waals surface area contributed by atoms with Crippen LogP contribution >= 0.6 is 0 Å². The number of hydrogen-bond acceptors (Lipinski definition) is 6. The molecule has 4 rings (SSSR count). The first kappa shape index (κ1) is 25.2. The van der Waals surface area contributed by atoms with E-state index in [1.54, 1.807) is 36.1 Å². The molecule has 0 bridgehead atoms. The Morgan fingerprint density at radius 3 is 2.39 bits per heavy atom. The van der Waals surface area contributed by atoms with Crippen molar-refractivity contribution >= 4 is 12.3 Å². The molecular formula is C24H25F3N6O3. The molecule has 9 nitrogen and oxygen atoms in total. The number of benzene rings is 2. The summed E-state index contributed by atoms with van der Waals surface area (Å²) >= 11 is 0. The van der Waals surface area contributed by atoms with E-state index in [9.17, 15) is 27.9 Å². The summed E-state index contributed by atoms with van der Waals surface area (Å²) in [7, 11) is 0. The molecule has 1 aromatic heterocycles. The van der Waals surface area contributed by atoms with Gasteiger partial charge in [-0.25, -0.2) is 0 Å². The lowest BCUT2D eigenvalue weighted by Crippen LogP contribution is -2.45.